The van der Waals surface area contributed by atoms with Gasteiger partial charge in [-0.05, 0) is 26.3 Å². The first-order chi connectivity index (χ1) is 8.60. The van der Waals surface area contributed by atoms with Crippen LogP contribution in [0.4, 0.5) is 5.69 Å². The standard InChI is InChI=1S/C12H14N2O4S/c1-5-12(3,4)13-19(17,18)11-9(2)7-6-8-10(11)14(15)16/h1,6-8,13H,2-4H3. The van der Waals surface area contributed by atoms with Crippen molar-refractivity contribution in [2.45, 2.75) is 31.2 Å². The third-order valence-electron chi connectivity index (χ3n) is 2.41. The van der Waals surface area contributed by atoms with Crippen LogP contribution in [-0.2, 0) is 10.0 Å². The number of hydrogen-bond acceptors (Lipinski definition) is 4. The summed E-state index contributed by atoms with van der Waals surface area (Å²) in [7, 11) is -4.07. The Balaban J connectivity index is 3.46. The number of nitro benzene ring substituents is 1. The molecule has 102 valence electrons. The van der Waals surface area contributed by atoms with Crippen molar-refractivity contribution in [2.75, 3.05) is 0 Å². The lowest BCUT2D eigenvalue weighted by atomic mass is 10.1. The molecule has 1 aromatic carbocycles. The molecule has 0 atom stereocenters. The zero-order valence-electron chi connectivity index (χ0n) is 10.8. The van der Waals surface area contributed by atoms with Crippen LogP contribution in [0.3, 0.4) is 0 Å². The van der Waals surface area contributed by atoms with E-state index in [0.717, 1.165) is 6.07 Å². The Morgan fingerprint density at radius 3 is 2.47 bits per heavy atom. The Kier molecular flexibility index (Phi) is 3.98. The SMILES string of the molecule is C#CC(C)(C)NS(=O)(=O)c1c(C)cccc1[N+](=O)[O-]. The smallest absolute Gasteiger partial charge is 0.258 e. The molecule has 0 radical (unpaired) electrons. The van der Waals surface area contributed by atoms with Crippen LogP contribution in [0.5, 0.6) is 0 Å². The van der Waals surface area contributed by atoms with Crippen LogP contribution in [0.2, 0.25) is 0 Å². The van der Waals surface area contributed by atoms with E-state index >= 15 is 0 Å². The molecule has 0 aromatic heterocycles. The highest BCUT2D eigenvalue weighted by Gasteiger charge is 2.31. The van der Waals surface area contributed by atoms with Gasteiger partial charge in [0.2, 0.25) is 10.0 Å². The predicted octanol–water partition coefficient (Wildman–Crippen LogP) is 1.59. The Bertz CT molecular complexity index is 657. The highest BCUT2D eigenvalue weighted by Crippen LogP contribution is 2.27. The van der Waals surface area contributed by atoms with Gasteiger partial charge in [-0.1, -0.05) is 18.1 Å². The maximum atomic E-state index is 12.2. The van der Waals surface area contributed by atoms with E-state index in [1.54, 1.807) is 0 Å². The van der Waals surface area contributed by atoms with Crippen LogP contribution in [0.25, 0.3) is 0 Å². The van der Waals surface area contributed by atoms with Gasteiger partial charge in [-0.15, -0.1) is 6.42 Å². The maximum absolute atomic E-state index is 12.2. The van der Waals surface area contributed by atoms with E-state index in [-0.39, 0.29) is 10.5 Å². The fraction of sp³-hybridized carbons (Fsp3) is 0.333. The number of sulfonamides is 1. The molecule has 0 bridgehead atoms. The summed E-state index contributed by atoms with van der Waals surface area (Å²) < 4.78 is 26.7. The van der Waals surface area contributed by atoms with E-state index in [4.69, 9.17) is 6.42 Å². The van der Waals surface area contributed by atoms with E-state index in [9.17, 15) is 18.5 Å². The lowest BCUT2D eigenvalue weighted by Crippen LogP contribution is -2.42. The Labute approximate surface area is 112 Å². The first-order valence-corrected chi connectivity index (χ1v) is 6.85. The summed E-state index contributed by atoms with van der Waals surface area (Å²) in [6.07, 6.45) is 5.22. The molecule has 0 saturated heterocycles. The monoisotopic (exact) mass is 282 g/mol. The van der Waals surface area contributed by atoms with Gasteiger partial charge < -0.3 is 0 Å². The molecule has 1 N–H and O–H groups in total. The summed E-state index contributed by atoms with van der Waals surface area (Å²) >= 11 is 0. The van der Waals surface area contributed by atoms with E-state index in [2.05, 4.69) is 10.6 Å². The van der Waals surface area contributed by atoms with Crippen molar-refractivity contribution < 1.29 is 13.3 Å². The molecule has 1 rings (SSSR count). The number of nitrogens with one attached hydrogen (secondary N) is 1. The second-order valence-corrected chi connectivity index (χ2v) is 6.17. The van der Waals surface area contributed by atoms with Crippen molar-refractivity contribution in [3.8, 4) is 12.3 Å². The molecule has 0 spiro atoms. The minimum atomic E-state index is -4.07. The van der Waals surface area contributed by atoms with E-state index in [0.29, 0.717) is 0 Å². The largest absolute Gasteiger partial charge is 0.289 e. The third kappa shape index (κ3) is 3.30. The molecular weight excluding hydrogens is 268 g/mol. The Morgan fingerprint density at radius 1 is 1.42 bits per heavy atom. The number of terminal acetylenes is 1. The molecule has 0 aliphatic carbocycles. The van der Waals surface area contributed by atoms with Crippen molar-refractivity contribution in [1.29, 1.82) is 0 Å². The van der Waals surface area contributed by atoms with Gasteiger partial charge in [-0.3, -0.25) is 10.1 Å². The van der Waals surface area contributed by atoms with Crippen LogP contribution in [0.1, 0.15) is 19.4 Å². The molecule has 0 heterocycles. The second-order valence-electron chi connectivity index (χ2n) is 4.56. The molecule has 7 heteroatoms. The fourth-order valence-electron chi connectivity index (χ4n) is 1.55. The molecule has 0 unspecified atom stereocenters. The lowest BCUT2D eigenvalue weighted by Gasteiger charge is -2.20. The third-order valence-corrected chi connectivity index (χ3v) is 4.25. The summed E-state index contributed by atoms with van der Waals surface area (Å²) in [4.78, 5) is 9.84. The molecule has 0 aliphatic rings. The number of benzene rings is 1. The first-order valence-electron chi connectivity index (χ1n) is 5.36. The summed E-state index contributed by atoms with van der Waals surface area (Å²) in [6, 6.07) is 4.06. The zero-order chi connectivity index (χ0) is 14.8. The number of aryl methyl sites for hydroxylation is 1. The Morgan fingerprint density at radius 2 is 2.00 bits per heavy atom. The average Bonchev–Trinajstić information content (AvgIpc) is 2.26. The van der Waals surface area contributed by atoms with Crippen molar-refractivity contribution in [1.82, 2.24) is 4.72 Å². The fourth-order valence-corrected chi connectivity index (χ4v) is 3.29. The van der Waals surface area contributed by atoms with Gasteiger partial charge in [0.05, 0.1) is 10.5 Å². The van der Waals surface area contributed by atoms with E-state index in [1.165, 1.54) is 32.9 Å². The summed E-state index contributed by atoms with van der Waals surface area (Å²) in [5.74, 6) is 2.28. The van der Waals surface area contributed by atoms with Crippen LogP contribution in [0, 0.1) is 29.4 Å². The topological polar surface area (TPSA) is 89.3 Å². The number of hydrogen-bond donors (Lipinski definition) is 1. The van der Waals surface area contributed by atoms with Gasteiger partial charge in [0.25, 0.3) is 5.69 Å². The zero-order valence-corrected chi connectivity index (χ0v) is 11.6. The van der Waals surface area contributed by atoms with Gasteiger partial charge in [-0.25, -0.2) is 8.42 Å². The summed E-state index contributed by atoms with van der Waals surface area (Å²) in [5.41, 5.74) is -1.32. The van der Waals surface area contributed by atoms with Gasteiger partial charge in [0, 0.05) is 6.07 Å². The van der Waals surface area contributed by atoms with Gasteiger partial charge in [0.15, 0.2) is 4.90 Å². The number of rotatable bonds is 4. The normalized spacial score (nSPS) is 11.9. The summed E-state index contributed by atoms with van der Waals surface area (Å²) in [5, 5.41) is 10.9. The molecular formula is C12H14N2O4S. The molecule has 1 aromatic rings. The van der Waals surface area contributed by atoms with Crippen LogP contribution >= 0.6 is 0 Å². The summed E-state index contributed by atoms with van der Waals surface area (Å²) in [6.45, 7) is 4.48. The van der Waals surface area contributed by atoms with Crippen molar-refractivity contribution in [3.63, 3.8) is 0 Å². The maximum Gasteiger partial charge on any atom is 0.289 e. The second kappa shape index (κ2) is 4.99. The minimum absolute atomic E-state index is 0.287. The predicted molar refractivity (Wildman–Crippen MR) is 71.1 cm³/mol. The molecule has 0 fully saturated rings. The molecule has 19 heavy (non-hydrogen) atoms. The average molecular weight is 282 g/mol. The highest BCUT2D eigenvalue weighted by molar-refractivity contribution is 7.89. The Hall–Kier alpha value is -1.91. The van der Waals surface area contributed by atoms with E-state index < -0.39 is 26.2 Å². The molecule has 6 nitrogen and oxygen atoms in total. The number of nitrogens with zero attached hydrogens (tertiary/aromatic N) is 1. The highest BCUT2D eigenvalue weighted by atomic mass is 32.2. The van der Waals surface area contributed by atoms with Crippen LogP contribution in [-0.4, -0.2) is 18.9 Å². The van der Waals surface area contributed by atoms with E-state index in [1.807, 2.05) is 0 Å². The van der Waals surface area contributed by atoms with Gasteiger partial charge in [-0.2, -0.15) is 4.72 Å². The van der Waals surface area contributed by atoms with Crippen LogP contribution in [0.15, 0.2) is 23.1 Å². The van der Waals surface area contributed by atoms with Gasteiger partial charge in [0.1, 0.15) is 0 Å². The molecule has 0 saturated carbocycles. The van der Waals surface area contributed by atoms with Crippen molar-refractivity contribution >= 4 is 15.7 Å². The van der Waals surface area contributed by atoms with Gasteiger partial charge >= 0.3 is 0 Å². The first kappa shape index (κ1) is 15.1. The lowest BCUT2D eigenvalue weighted by molar-refractivity contribution is -0.387. The molecule has 0 aliphatic heterocycles. The minimum Gasteiger partial charge on any atom is -0.258 e. The molecule has 0 amide bonds. The van der Waals surface area contributed by atoms with Crippen molar-refractivity contribution in [2.24, 2.45) is 0 Å². The number of nitro groups is 1. The van der Waals surface area contributed by atoms with Crippen molar-refractivity contribution in [3.05, 3.63) is 33.9 Å². The quantitative estimate of drug-likeness (QED) is 0.516. The van der Waals surface area contributed by atoms with Crippen LogP contribution < -0.4 is 4.72 Å².